The highest BCUT2D eigenvalue weighted by atomic mass is 32.2. The van der Waals surface area contributed by atoms with E-state index in [2.05, 4.69) is 4.40 Å². The van der Waals surface area contributed by atoms with Crippen LogP contribution in [0, 0.1) is 5.41 Å². The number of rotatable bonds is 4. The van der Waals surface area contributed by atoms with Crippen molar-refractivity contribution < 1.29 is 13.3 Å². The Morgan fingerprint density at radius 3 is 2.07 bits per heavy atom. The third-order valence-corrected chi connectivity index (χ3v) is 3.29. The van der Waals surface area contributed by atoms with Crippen molar-refractivity contribution in [2.24, 2.45) is 9.81 Å². The molecule has 0 aliphatic carbocycles. The van der Waals surface area contributed by atoms with Crippen LogP contribution in [0.25, 0.3) is 0 Å². The topological polar surface area (TPSA) is 35.4 Å². The maximum atomic E-state index is 12.4. The molecule has 15 heavy (non-hydrogen) atoms. The van der Waals surface area contributed by atoms with Crippen LogP contribution in [0.3, 0.4) is 0 Å². The number of nitrogens with zero attached hydrogens (tertiary/aromatic N) is 1. The van der Waals surface area contributed by atoms with Gasteiger partial charge in [0.2, 0.25) is 6.43 Å². The van der Waals surface area contributed by atoms with Crippen molar-refractivity contribution in [3.63, 3.8) is 0 Å². The zero-order valence-corrected chi connectivity index (χ0v) is 10.7. The summed E-state index contributed by atoms with van der Waals surface area (Å²) in [7, 11) is 0. The number of hydrogen-bond acceptors (Lipinski definition) is 2. The Morgan fingerprint density at radius 2 is 1.73 bits per heavy atom. The maximum absolute atomic E-state index is 12.4. The summed E-state index contributed by atoms with van der Waals surface area (Å²) in [6.07, 6.45) is -0.924. The molecule has 0 saturated heterocycles. The van der Waals surface area contributed by atoms with E-state index in [1.54, 1.807) is 20.8 Å². The van der Waals surface area contributed by atoms with Crippen molar-refractivity contribution in [1.29, 1.82) is 0 Å². The highest BCUT2D eigenvalue weighted by Crippen LogP contribution is 2.28. The number of hydrogen-bond donors (Lipinski definition) is 0. The Bertz CT molecular complexity index is 224. The molecule has 0 aromatic carbocycles. The fraction of sp³-hybridized carbons (Fsp3) is 0.900. The highest BCUT2D eigenvalue weighted by molar-refractivity contribution is 7.91. The van der Waals surface area contributed by atoms with E-state index in [0.717, 1.165) is 0 Å². The van der Waals surface area contributed by atoms with Gasteiger partial charge in [-0.05, 0) is 27.2 Å². The molecule has 90 valence electrons. The van der Waals surface area contributed by atoms with Gasteiger partial charge in [0.1, 0.15) is 16.1 Å². The van der Waals surface area contributed by atoms with E-state index < -0.39 is 27.9 Å². The first kappa shape index (κ1) is 14.8. The Balaban J connectivity index is 4.22. The molecule has 0 saturated carbocycles. The molecule has 0 fully saturated rings. The molecule has 0 amide bonds. The molecule has 1 atom stereocenters. The third-order valence-electron chi connectivity index (χ3n) is 1.90. The fourth-order valence-electron chi connectivity index (χ4n) is 0.587. The minimum absolute atomic E-state index is 0.131. The average Bonchev–Trinajstić information content (AvgIpc) is 2.01. The Morgan fingerprint density at radius 1 is 1.27 bits per heavy atom. The summed E-state index contributed by atoms with van der Waals surface area (Å²) in [6, 6.07) is 0. The van der Waals surface area contributed by atoms with E-state index in [-0.39, 0.29) is 6.42 Å². The quantitative estimate of drug-likeness (QED) is 0.548. The molecule has 5 heteroatoms. The second kappa shape index (κ2) is 5.25. The summed E-state index contributed by atoms with van der Waals surface area (Å²) in [6.45, 7) is 8.30. The van der Waals surface area contributed by atoms with Gasteiger partial charge in [0.25, 0.3) is 0 Å². The van der Waals surface area contributed by atoms with Crippen molar-refractivity contribution >= 4 is 17.6 Å². The largest absolute Gasteiger partial charge is 0.591 e. The molecule has 0 heterocycles. The van der Waals surface area contributed by atoms with Gasteiger partial charge in [0.05, 0.1) is 6.21 Å². The lowest BCUT2D eigenvalue weighted by Crippen LogP contribution is -2.27. The van der Waals surface area contributed by atoms with E-state index in [1.165, 1.54) is 20.1 Å². The minimum atomic E-state index is -2.40. The molecule has 1 unspecified atom stereocenters. The standard InChI is InChI=1S/C10H19F2NOS/c1-9(2,3)15(14)13-7-6-10(4,5)8(11)12/h7-8H,6H2,1-5H3. The molecular formula is C10H19F2NOS. The highest BCUT2D eigenvalue weighted by Gasteiger charge is 2.30. The first-order chi connectivity index (χ1) is 6.57. The smallest absolute Gasteiger partial charge is 0.244 e. The zero-order chi connectivity index (χ0) is 12.3. The SMILES string of the molecule is CC(C)(CC=N[S+]([O-])C(C)(C)C)C(F)F. The molecule has 0 aliphatic rings. The monoisotopic (exact) mass is 239 g/mol. The first-order valence-corrected chi connectivity index (χ1v) is 5.91. The van der Waals surface area contributed by atoms with Crippen LogP contribution in [0.2, 0.25) is 0 Å². The average molecular weight is 239 g/mol. The number of alkyl halides is 2. The molecular weight excluding hydrogens is 220 g/mol. The summed E-state index contributed by atoms with van der Waals surface area (Å²) in [4.78, 5) is 0. The maximum Gasteiger partial charge on any atom is 0.244 e. The molecule has 0 bridgehead atoms. The number of halogens is 2. The molecule has 0 spiro atoms. The van der Waals surface area contributed by atoms with Crippen molar-refractivity contribution in [2.45, 2.75) is 52.2 Å². The fourth-order valence-corrected chi connectivity index (χ4v) is 1.11. The molecule has 0 aromatic heterocycles. The first-order valence-electron chi connectivity index (χ1n) is 4.80. The normalized spacial score (nSPS) is 16.3. The van der Waals surface area contributed by atoms with Gasteiger partial charge >= 0.3 is 0 Å². The van der Waals surface area contributed by atoms with Gasteiger partial charge in [-0.1, -0.05) is 18.2 Å². The molecule has 2 nitrogen and oxygen atoms in total. The van der Waals surface area contributed by atoms with Crippen LogP contribution in [0.15, 0.2) is 4.40 Å². The van der Waals surface area contributed by atoms with Crippen LogP contribution in [-0.4, -0.2) is 21.9 Å². The summed E-state index contributed by atoms with van der Waals surface area (Å²) in [5.74, 6) is 0. The van der Waals surface area contributed by atoms with Gasteiger partial charge in [0, 0.05) is 5.41 Å². The van der Waals surface area contributed by atoms with E-state index in [1.807, 2.05) is 0 Å². The Labute approximate surface area is 93.5 Å². The van der Waals surface area contributed by atoms with Gasteiger partial charge in [-0.15, -0.1) is 0 Å². The molecule has 0 N–H and O–H groups in total. The van der Waals surface area contributed by atoms with Gasteiger partial charge in [0.15, 0.2) is 0 Å². The predicted octanol–water partition coefficient (Wildman–Crippen LogP) is 3.20. The van der Waals surface area contributed by atoms with Crippen LogP contribution in [-0.2, 0) is 11.4 Å². The van der Waals surface area contributed by atoms with E-state index >= 15 is 0 Å². The summed E-state index contributed by atoms with van der Waals surface area (Å²) in [5.41, 5.74) is -1.11. The van der Waals surface area contributed by atoms with Crippen LogP contribution in [0.5, 0.6) is 0 Å². The van der Waals surface area contributed by atoms with E-state index in [4.69, 9.17) is 0 Å². The van der Waals surface area contributed by atoms with Gasteiger partial charge < -0.3 is 4.55 Å². The van der Waals surface area contributed by atoms with Gasteiger partial charge in [-0.2, -0.15) is 0 Å². The van der Waals surface area contributed by atoms with Crippen molar-refractivity contribution in [2.75, 3.05) is 0 Å². The zero-order valence-electron chi connectivity index (χ0n) is 9.88. The molecule has 0 radical (unpaired) electrons. The lowest BCUT2D eigenvalue weighted by atomic mass is 9.91. The second-order valence-corrected chi connectivity index (χ2v) is 7.08. The van der Waals surface area contributed by atoms with Crippen LogP contribution in [0.4, 0.5) is 8.78 Å². The van der Waals surface area contributed by atoms with Crippen LogP contribution in [0.1, 0.15) is 41.0 Å². The molecule has 0 rings (SSSR count). The summed E-state index contributed by atoms with van der Waals surface area (Å²) in [5, 5.41) is 0. The van der Waals surface area contributed by atoms with Crippen molar-refractivity contribution in [1.82, 2.24) is 0 Å². The lowest BCUT2D eigenvalue weighted by molar-refractivity contribution is 0.0253. The molecule has 0 aliphatic heterocycles. The van der Waals surface area contributed by atoms with E-state index in [0.29, 0.717) is 0 Å². The third kappa shape index (κ3) is 5.47. The minimum Gasteiger partial charge on any atom is -0.591 e. The summed E-state index contributed by atoms with van der Waals surface area (Å²) >= 11 is -1.36. The lowest BCUT2D eigenvalue weighted by Gasteiger charge is -2.21. The second-order valence-electron chi connectivity index (χ2n) is 5.14. The van der Waals surface area contributed by atoms with E-state index in [9.17, 15) is 13.3 Å². The van der Waals surface area contributed by atoms with Crippen molar-refractivity contribution in [3.05, 3.63) is 0 Å². The molecule has 0 aromatic rings. The van der Waals surface area contributed by atoms with Crippen molar-refractivity contribution in [3.8, 4) is 0 Å². The van der Waals surface area contributed by atoms with Crippen LogP contribution >= 0.6 is 0 Å². The predicted molar refractivity (Wildman–Crippen MR) is 60.8 cm³/mol. The Hall–Kier alpha value is -0.160. The van der Waals surface area contributed by atoms with Gasteiger partial charge in [-0.25, -0.2) is 8.78 Å². The van der Waals surface area contributed by atoms with Crippen LogP contribution < -0.4 is 0 Å². The van der Waals surface area contributed by atoms with Gasteiger partial charge in [-0.3, -0.25) is 0 Å². The Kier molecular flexibility index (Phi) is 5.20. The summed E-state index contributed by atoms with van der Waals surface area (Å²) < 4.78 is 39.7.